The molecule has 3 aromatic rings. The Bertz CT molecular complexity index is 946. The molecule has 0 atom stereocenters. The van der Waals surface area contributed by atoms with Gasteiger partial charge in [0, 0.05) is 5.56 Å². The van der Waals surface area contributed by atoms with Crippen LogP contribution < -0.4 is 14.2 Å². The van der Waals surface area contributed by atoms with Gasteiger partial charge >= 0.3 is 5.97 Å². The Kier molecular flexibility index (Phi) is 5.73. The van der Waals surface area contributed by atoms with Gasteiger partial charge in [-0.25, -0.2) is 9.18 Å². The highest BCUT2D eigenvalue weighted by atomic mass is 19.1. The summed E-state index contributed by atoms with van der Waals surface area (Å²) in [5, 5.41) is 3.79. The van der Waals surface area contributed by atoms with Crippen molar-refractivity contribution in [2.45, 2.75) is 6.61 Å². The van der Waals surface area contributed by atoms with Crippen LogP contribution in [0.5, 0.6) is 17.2 Å². The number of aromatic nitrogens is 2. The van der Waals surface area contributed by atoms with Crippen molar-refractivity contribution in [3.05, 3.63) is 53.7 Å². The first kappa shape index (κ1) is 19.2. The van der Waals surface area contributed by atoms with Crippen LogP contribution in [-0.4, -0.2) is 37.4 Å². The van der Waals surface area contributed by atoms with E-state index >= 15 is 0 Å². The van der Waals surface area contributed by atoms with Gasteiger partial charge in [-0.05, 0) is 36.4 Å². The molecule has 0 radical (unpaired) electrons. The molecule has 0 saturated heterocycles. The molecular formula is C19H17FN2O6. The number of carbonyl (C=O) groups excluding carboxylic acids is 1. The minimum Gasteiger partial charge on any atom is -0.493 e. The summed E-state index contributed by atoms with van der Waals surface area (Å²) in [5.74, 6) is 0.365. The van der Waals surface area contributed by atoms with Crippen LogP contribution in [0.15, 0.2) is 40.9 Å². The van der Waals surface area contributed by atoms with E-state index in [9.17, 15) is 9.18 Å². The molecule has 0 bridgehead atoms. The number of hydrogen-bond acceptors (Lipinski definition) is 8. The van der Waals surface area contributed by atoms with Gasteiger partial charge in [0.15, 0.2) is 18.1 Å². The summed E-state index contributed by atoms with van der Waals surface area (Å²) in [5.41, 5.74) is 0.778. The zero-order valence-electron chi connectivity index (χ0n) is 15.4. The fourth-order valence-electron chi connectivity index (χ4n) is 2.44. The van der Waals surface area contributed by atoms with Crippen molar-refractivity contribution in [3.63, 3.8) is 0 Å². The monoisotopic (exact) mass is 388 g/mol. The molecule has 3 rings (SSSR count). The predicted octanol–water partition coefficient (Wildman–Crippen LogP) is 3.26. The van der Waals surface area contributed by atoms with Gasteiger partial charge in [0.2, 0.25) is 11.6 Å². The van der Waals surface area contributed by atoms with E-state index in [1.807, 2.05) is 0 Å². The van der Waals surface area contributed by atoms with E-state index < -0.39 is 5.97 Å². The maximum Gasteiger partial charge on any atom is 0.338 e. The average Bonchev–Trinajstić information content (AvgIpc) is 3.20. The molecule has 9 heteroatoms. The second kappa shape index (κ2) is 8.38. The van der Waals surface area contributed by atoms with Crippen LogP contribution in [0.25, 0.3) is 11.4 Å². The SMILES string of the molecule is COc1cc(C(=O)OCc2nc(-c3ccc(F)cc3)no2)cc(OC)c1OC. The Balaban J connectivity index is 1.71. The lowest BCUT2D eigenvalue weighted by atomic mass is 10.2. The third-order valence-corrected chi connectivity index (χ3v) is 3.80. The topological polar surface area (TPSA) is 92.9 Å². The summed E-state index contributed by atoms with van der Waals surface area (Å²) in [7, 11) is 4.36. The predicted molar refractivity (Wildman–Crippen MR) is 94.9 cm³/mol. The van der Waals surface area contributed by atoms with Crippen molar-refractivity contribution in [2.24, 2.45) is 0 Å². The molecule has 0 fully saturated rings. The van der Waals surface area contributed by atoms with Crippen LogP contribution in [0.2, 0.25) is 0 Å². The minimum atomic E-state index is -0.638. The number of rotatable bonds is 7. The van der Waals surface area contributed by atoms with E-state index in [4.69, 9.17) is 23.5 Å². The van der Waals surface area contributed by atoms with Gasteiger partial charge in [-0.1, -0.05) is 5.16 Å². The van der Waals surface area contributed by atoms with Crippen molar-refractivity contribution < 1.29 is 32.7 Å². The molecule has 0 N–H and O–H groups in total. The summed E-state index contributed by atoms with van der Waals surface area (Å²) in [6, 6.07) is 8.56. The van der Waals surface area contributed by atoms with Crippen LogP contribution in [0.1, 0.15) is 16.2 Å². The molecule has 0 aliphatic heterocycles. The van der Waals surface area contributed by atoms with E-state index in [2.05, 4.69) is 10.1 Å². The summed E-state index contributed by atoms with van der Waals surface area (Å²) < 4.78 is 38.9. The van der Waals surface area contributed by atoms with Gasteiger partial charge in [0.1, 0.15) is 5.82 Å². The third kappa shape index (κ3) is 4.03. The highest BCUT2D eigenvalue weighted by molar-refractivity contribution is 5.91. The van der Waals surface area contributed by atoms with E-state index in [-0.39, 0.29) is 29.7 Å². The minimum absolute atomic E-state index is 0.0973. The second-order valence-electron chi connectivity index (χ2n) is 5.51. The van der Waals surface area contributed by atoms with Gasteiger partial charge in [-0.15, -0.1) is 0 Å². The second-order valence-corrected chi connectivity index (χ2v) is 5.51. The number of benzene rings is 2. The van der Waals surface area contributed by atoms with Crippen molar-refractivity contribution in [1.82, 2.24) is 10.1 Å². The molecule has 0 spiro atoms. The van der Waals surface area contributed by atoms with Crippen LogP contribution in [0, 0.1) is 5.82 Å². The summed E-state index contributed by atoms with van der Waals surface area (Å²) >= 11 is 0. The van der Waals surface area contributed by atoms with Gasteiger partial charge in [-0.2, -0.15) is 4.98 Å². The summed E-state index contributed by atoms with van der Waals surface area (Å²) in [4.78, 5) is 16.5. The van der Waals surface area contributed by atoms with E-state index in [1.54, 1.807) is 0 Å². The zero-order chi connectivity index (χ0) is 20.1. The molecule has 0 amide bonds. The smallest absolute Gasteiger partial charge is 0.338 e. The van der Waals surface area contributed by atoms with E-state index in [0.717, 1.165) is 0 Å². The number of hydrogen-bond donors (Lipinski definition) is 0. The van der Waals surface area contributed by atoms with Crippen molar-refractivity contribution >= 4 is 5.97 Å². The van der Waals surface area contributed by atoms with E-state index in [1.165, 1.54) is 57.7 Å². The Hall–Kier alpha value is -3.62. The molecule has 0 unspecified atom stereocenters. The number of nitrogens with zero attached hydrogens (tertiary/aromatic N) is 2. The van der Waals surface area contributed by atoms with Crippen LogP contribution in [0.3, 0.4) is 0 Å². The Labute approximate surface area is 159 Å². The standard InChI is InChI=1S/C19H17FN2O6/c1-24-14-8-12(9-15(25-2)17(14)26-3)19(23)27-10-16-21-18(22-28-16)11-4-6-13(20)7-5-11/h4-9H,10H2,1-3H3. The normalized spacial score (nSPS) is 10.4. The fourth-order valence-corrected chi connectivity index (χ4v) is 2.44. The zero-order valence-corrected chi connectivity index (χ0v) is 15.4. The largest absolute Gasteiger partial charge is 0.493 e. The average molecular weight is 388 g/mol. The molecule has 8 nitrogen and oxygen atoms in total. The fraction of sp³-hybridized carbons (Fsp3) is 0.211. The highest BCUT2D eigenvalue weighted by Crippen LogP contribution is 2.38. The molecule has 0 aliphatic rings. The number of ether oxygens (including phenoxy) is 4. The highest BCUT2D eigenvalue weighted by Gasteiger charge is 2.19. The Morgan fingerprint density at radius 1 is 1.04 bits per heavy atom. The molecule has 1 aromatic heterocycles. The van der Waals surface area contributed by atoms with Crippen molar-refractivity contribution in [1.29, 1.82) is 0 Å². The Morgan fingerprint density at radius 2 is 1.68 bits per heavy atom. The maximum atomic E-state index is 13.0. The first-order valence-electron chi connectivity index (χ1n) is 8.11. The molecule has 0 aliphatic carbocycles. The van der Waals surface area contributed by atoms with E-state index in [0.29, 0.717) is 22.8 Å². The third-order valence-electron chi connectivity index (χ3n) is 3.80. The maximum absolute atomic E-state index is 13.0. The molecule has 1 heterocycles. The summed E-state index contributed by atoms with van der Waals surface area (Å²) in [6.45, 7) is -0.232. The lowest BCUT2D eigenvalue weighted by Crippen LogP contribution is -2.07. The molecule has 146 valence electrons. The lowest BCUT2D eigenvalue weighted by Gasteiger charge is -2.13. The van der Waals surface area contributed by atoms with Gasteiger partial charge in [0.25, 0.3) is 5.89 Å². The van der Waals surface area contributed by atoms with Gasteiger partial charge < -0.3 is 23.5 Å². The number of halogens is 1. The molecule has 0 saturated carbocycles. The quantitative estimate of drug-likeness (QED) is 0.570. The van der Waals surface area contributed by atoms with Gasteiger partial charge in [0.05, 0.1) is 26.9 Å². The number of esters is 1. The van der Waals surface area contributed by atoms with Gasteiger partial charge in [-0.3, -0.25) is 0 Å². The lowest BCUT2D eigenvalue weighted by molar-refractivity contribution is 0.0429. The first-order chi connectivity index (χ1) is 13.5. The molecular weight excluding hydrogens is 371 g/mol. The Morgan fingerprint density at radius 3 is 2.25 bits per heavy atom. The number of methoxy groups -OCH3 is 3. The van der Waals surface area contributed by atoms with Crippen LogP contribution in [0.4, 0.5) is 4.39 Å². The first-order valence-corrected chi connectivity index (χ1v) is 8.11. The van der Waals surface area contributed by atoms with Crippen LogP contribution >= 0.6 is 0 Å². The number of carbonyl (C=O) groups is 1. The summed E-state index contributed by atoms with van der Waals surface area (Å²) in [6.07, 6.45) is 0. The van der Waals surface area contributed by atoms with Crippen LogP contribution in [-0.2, 0) is 11.3 Å². The molecule has 2 aromatic carbocycles. The van der Waals surface area contributed by atoms with Crippen molar-refractivity contribution in [3.8, 4) is 28.6 Å². The van der Waals surface area contributed by atoms with Crippen molar-refractivity contribution in [2.75, 3.05) is 21.3 Å². The molecule has 28 heavy (non-hydrogen) atoms.